The van der Waals surface area contributed by atoms with Crippen LogP contribution in [0.1, 0.15) is 30.0 Å². The summed E-state index contributed by atoms with van der Waals surface area (Å²) in [6.45, 7) is 1.35. The van der Waals surface area contributed by atoms with Gasteiger partial charge in [0.25, 0.3) is 0 Å². The van der Waals surface area contributed by atoms with Gasteiger partial charge < -0.3 is 15.0 Å². The van der Waals surface area contributed by atoms with Crippen LogP contribution in [0.5, 0.6) is 5.75 Å². The van der Waals surface area contributed by atoms with Gasteiger partial charge in [0, 0.05) is 32.1 Å². The molecule has 0 radical (unpaired) electrons. The first kappa shape index (κ1) is 19.0. The minimum absolute atomic E-state index is 0.0393. The maximum Gasteiger partial charge on any atom is 0.318 e. The van der Waals surface area contributed by atoms with Crippen LogP contribution >= 0.6 is 0 Å². The van der Waals surface area contributed by atoms with Gasteiger partial charge in [0.1, 0.15) is 11.9 Å². The van der Waals surface area contributed by atoms with Gasteiger partial charge in [-0.25, -0.2) is 4.79 Å². The van der Waals surface area contributed by atoms with E-state index < -0.39 is 0 Å². The summed E-state index contributed by atoms with van der Waals surface area (Å²) in [6, 6.07) is 23.7. The van der Waals surface area contributed by atoms with E-state index in [1.807, 2.05) is 77.7 Å². The molecule has 1 N–H and O–H groups in total. The van der Waals surface area contributed by atoms with Crippen LogP contribution in [0.4, 0.5) is 4.79 Å². The molecule has 148 valence electrons. The lowest BCUT2D eigenvalue weighted by atomic mass is 9.99. The number of rotatable bonds is 5. The molecule has 2 heterocycles. The van der Waals surface area contributed by atoms with Crippen molar-refractivity contribution in [3.63, 3.8) is 0 Å². The molecule has 1 aromatic heterocycles. The molecule has 0 atom stereocenters. The zero-order valence-corrected chi connectivity index (χ0v) is 16.3. The maximum atomic E-state index is 13.0. The molecule has 5 nitrogen and oxygen atoms in total. The smallest absolute Gasteiger partial charge is 0.318 e. The number of pyridine rings is 1. The monoisotopic (exact) mass is 387 g/mol. The summed E-state index contributed by atoms with van der Waals surface area (Å²) >= 11 is 0. The second kappa shape index (κ2) is 9.24. The van der Waals surface area contributed by atoms with E-state index in [-0.39, 0.29) is 18.2 Å². The number of nitrogens with zero attached hydrogens (tertiary/aromatic N) is 2. The van der Waals surface area contributed by atoms with Gasteiger partial charge in [-0.2, -0.15) is 0 Å². The van der Waals surface area contributed by atoms with Crippen LogP contribution < -0.4 is 10.1 Å². The van der Waals surface area contributed by atoms with Crippen LogP contribution in [0.25, 0.3) is 0 Å². The first-order valence-corrected chi connectivity index (χ1v) is 10.0. The Labute approximate surface area is 171 Å². The van der Waals surface area contributed by atoms with Gasteiger partial charge >= 0.3 is 6.03 Å². The number of hydrogen-bond acceptors (Lipinski definition) is 3. The number of carbonyl (C=O) groups is 1. The Balaban J connectivity index is 1.39. The summed E-state index contributed by atoms with van der Waals surface area (Å²) in [5.41, 5.74) is 2.14. The molecule has 0 unspecified atom stereocenters. The van der Waals surface area contributed by atoms with Gasteiger partial charge in [0.15, 0.2) is 0 Å². The quantitative estimate of drug-likeness (QED) is 0.705. The zero-order valence-electron chi connectivity index (χ0n) is 16.3. The average Bonchev–Trinajstić information content (AvgIpc) is 2.80. The first-order chi connectivity index (χ1) is 14.3. The van der Waals surface area contributed by atoms with Crippen molar-refractivity contribution in [2.24, 2.45) is 0 Å². The average molecular weight is 387 g/mol. The topological polar surface area (TPSA) is 54.5 Å². The third-order valence-electron chi connectivity index (χ3n) is 5.20. The SMILES string of the molecule is O=C(NC(c1ccccc1)c1ccccc1)N1CCC(Oc2cccnc2)CC1. The minimum atomic E-state index is -0.172. The van der Waals surface area contributed by atoms with Crippen molar-refractivity contribution in [3.05, 3.63) is 96.3 Å². The van der Waals surface area contributed by atoms with E-state index in [1.54, 1.807) is 12.4 Å². The van der Waals surface area contributed by atoms with Crippen LogP contribution in [-0.2, 0) is 0 Å². The van der Waals surface area contributed by atoms with Crippen LogP contribution in [0, 0.1) is 0 Å². The molecule has 2 amide bonds. The van der Waals surface area contributed by atoms with E-state index in [2.05, 4.69) is 10.3 Å². The Bertz CT molecular complexity index is 856. The van der Waals surface area contributed by atoms with Gasteiger partial charge in [-0.15, -0.1) is 0 Å². The minimum Gasteiger partial charge on any atom is -0.489 e. The van der Waals surface area contributed by atoms with Crippen molar-refractivity contribution in [1.29, 1.82) is 0 Å². The summed E-state index contributed by atoms with van der Waals surface area (Å²) < 4.78 is 5.98. The molecule has 29 heavy (non-hydrogen) atoms. The predicted molar refractivity (Wildman–Crippen MR) is 113 cm³/mol. The van der Waals surface area contributed by atoms with Crippen molar-refractivity contribution in [2.45, 2.75) is 25.0 Å². The van der Waals surface area contributed by atoms with Gasteiger partial charge in [-0.05, 0) is 23.3 Å². The fourth-order valence-electron chi connectivity index (χ4n) is 3.65. The van der Waals surface area contributed by atoms with Crippen molar-refractivity contribution >= 4 is 6.03 Å². The third kappa shape index (κ3) is 4.93. The molecule has 5 heteroatoms. The highest BCUT2D eigenvalue weighted by Crippen LogP contribution is 2.23. The molecule has 0 aliphatic carbocycles. The Kier molecular flexibility index (Phi) is 6.05. The van der Waals surface area contributed by atoms with Gasteiger partial charge in [-0.3, -0.25) is 4.98 Å². The standard InChI is InChI=1S/C24H25N3O2/c28-24(27-16-13-21(14-17-27)29-22-12-7-15-25-18-22)26-23(19-8-3-1-4-9-19)20-10-5-2-6-11-20/h1-12,15,18,21,23H,13-14,16-17H2,(H,26,28). The molecule has 2 aromatic carbocycles. The van der Waals surface area contributed by atoms with E-state index in [1.165, 1.54) is 0 Å². The molecule has 0 saturated carbocycles. The van der Waals surface area contributed by atoms with Gasteiger partial charge in [0.2, 0.25) is 0 Å². The molecule has 1 aliphatic heterocycles. The van der Waals surface area contributed by atoms with E-state index in [9.17, 15) is 4.79 Å². The number of benzene rings is 2. The fraction of sp³-hybridized carbons (Fsp3) is 0.250. The number of ether oxygens (including phenoxy) is 1. The molecule has 1 aliphatic rings. The molecule has 0 bridgehead atoms. The second-order valence-corrected chi connectivity index (χ2v) is 7.20. The number of likely N-dealkylation sites (tertiary alicyclic amines) is 1. The number of piperidine rings is 1. The molecule has 1 saturated heterocycles. The summed E-state index contributed by atoms with van der Waals surface area (Å²) in [6.07, 6.45) is 5.19. The van der Waals surface area contributed by atoms with Gasteiger partial charge in [-0.1, -0.05) is 60.7 Å². The van der Waals surface area contributed by atoms with Crippen molar-refractivity contribution in [1.82, 2.24) is 15.2 Å². The van der Waals surface area contributed by atoms with Crippen molar-refractivity contribution in [3.8, 4) is 5.75 Å². The van der Waals surface area contributed by atoms with Crippen molar-refractivity contribution < 1.29 is 9.53 Å². The van der Waals surface area contributed by atoms with Crippen LogP contribution in [0.3, 0.4) is 0 Å². The lowest BCUT2D eigenvalue weighted by molar-refractivity contribution is 0.110. The summed E-state index contributed by atoms with van der Waals surface area (Å²) in [5, 5.41) is 3.22. The second-order valence-electron chi connectivity index (χ2n) is 7.20. The Hall–Kier alpha value is -3.34. The number of carbonyl (C=O) groups excluding carboxylic acids is 1. The third-order valence-corrected chi connectivity index (χ3v) is 5.20. The number of nitrogens with one attached hydrogen (secondary N) is 1. The van der Waals surface area contributed by atoms with Crippen LogP contribution in [0.15, 0.2) is 85.2 Å². The van der Waals surface area contributed by atoms with Crippen LogP contribution in [0.2, 0.25) is 0 Å². The number of aromatic nitrogens is 1. The summed E-state index contributed by atoms with van der Waals surface area (Å²) in [7, 11) is 0. The molecule has 4 rings (SSSR count). The number of amides is 2. The zero-order chi connectivity index (χ0) is 19.9. The Morgan fingerprint density at radius 2 is 1.55 bits per heavy atom. The number of urea groups is 1. The first-order valence-electron chi connectivity index (χ1n) is 10.0. The highest BCUT2D eigenvalue weighted by Gasteiger charge is 2.26. The fourth-order valence-corrected chi connectivity index (χ4v) is 3.65. The highest BCUT2D eigenvalue weighted by molar-refractivity contribution is 5.75. The highest BCUT2D eigenvalue weighted by atomic mass is 16.5. The van der Waals surface area contributed by atoms with E-state index in [4.69, 9.17) is 4.74 Å². The maximum absolute atomic E-state index is 13.0. The molecule has 3 aromatic rings. The molecular formula is C24H25N3O2. The van der Waals surface area contributed by atoms with E-state index in [0.29, 0.717) is 13.1 Å². The van der Waals surface area contributed by atoms with Crippen molar-refractivity contribution in [2.75, 3.05) is 13.1 Å². The molecule has 1 fully saturated rings. The normalized spacial score (nSPS) is 14.6. The largest absolute Gasteiger partial charge is 0.489 e. The van der Waals surface area contributed by atoms with Gasteiger partial charge in [0.05, 0.1) is 12.2 Å². The van der Waals surface area contributed by atoms with E-state index >= 15 is 0 Å². The number of hydrogen-bond donors (Lipinski definition) is 1. The predicted octanol–water partition coefficient (Wildman–Crippen LogP) is 4.42. The van der Waals surface area contributed by atoms with Crippen LogP contribution in [-0.4, -0.2) is 35.1 Å². The molecule has 0 spiro atoms. The lowest BCUT2D eigenvalue weighted by Gasteiger charge is -2.33. The summed E-state index contributed by atoms with van der Waals surface area (Å²) in [5.74, 6) is 0.781. The Morgan fingerprint density at radius 3 is 2.10 bits per heavy atom. The Morgan fingerprint density at radius 1 is 0.931 bits per heavy atom. The molecular weight excluding hydrogens is 362 g/mol. The van der Waals surface area contributed by atoms with E-state index in [0.717, 1.165) is 29.7 Å². The summed E-state index contributed by atoms with van der Waals surface area (Å²) in [4.78, 5) is 18.9. The lowest BCUT2D eigenvalue weighted by Crippen LogP contribution is -2.47.